The van der Waals surface area contributed by atoms with Gasteiger partial charge in [0.2, 0.25) is 6.79 Å². The summed E-state index contributed by atoms with van der Waals surface area (Å²) in [5.74, 6) is 1.55. The average Bonchev–Trinajstić information content (AvgIpc) is 2.78. The first-order chi connectivity index (χ1) is 7.86. The molecule has 0 aliphatic carbocycles. The van der Waals surface area contributed by atoms with Crippen LogP contribution in [0.1, 0.15) is 11.1 Å². The van der Waals surface area contributed by atoms with E-state index in [0.717, 1.165) is 22.6 Å². The number of hydrogen-bond acceptors (Lipinski definition) is 5. The number of hydrogen-bond donors (Lipinski definition) is 1. The molecule has 1 aliphatic heterocycles. The molecule has 0 fully saturated rings. The van der Waals surface area contributed by atoms with Gasteiger partial charge >= 0.3 is 0 Å². The molecular weight excluding hydrogens is 210 g/mol. The van der Waals surface area contributed by atoms with Crippen LogP contribution in [-0.2, 0) is 22.7 Å². The molecule has 1 aromatic carbocycles. The Balaban J connectivity index is 2.25. The van der Waals surface area contributed by atoms with E-state index in [1.807, 2.05) is 12.1 Å². The van der Waals surface area contributed by atoms with Gasteiger partial charge in [0, 0.05) is 24.8 Å². The summed E-state index contributed by atoms with van der Waals surface area (Å²) >= 11 is 0. The number of rotatable bonds is 5. The van der Waals surface area contributed by atoms with Crippen LogP contribution in [0.15, 0.2) is 12.1 Å². The number of fused-ring (bicyclic) bond motifs is 1. The van der Waals surface area contributed by atoms with E-state index in [0.29, 0.717) is 13.2 Å². The van der Waals surface area contributed by atoms with Crippen LogP contribution in [0, 0.1) is 0 Å². The summed E-state index contributed by atoms with van der Waals surface area (Å²) < 4.78 is 16.0. The molecule has 0 saturated carbocycles. The summed E-state index contributed by atoms with van der Waals surface area (Å²) in [5, 5.41) is 0. The highest BCUT2D eigenvalue weighted by Crippen LogP contribution is 2.39. The molecule has 1 aromatic rings. The number of nitrogens with one attached hydrogen (secondary N) is 1. The fourth-order valence-corrected chi connectivity index (χ4v) is 1.67. The van der Waals surface area contributed by atoms with Crippen molar-refractivity contribution in [3.63, 3.8) is 0 Å². The van der Waals surface area contributed by atoms with E-state index in [2.05, 4.69) is 5.48 Å². The van der Waals surface area contributed by atoms with Gasteiger partial charge in [0.05, 0.1) is 13.7 Å². The minimum atomic E-state index is 0.260. The van der Waals surface area contributed by atoms with Crippen molar-refractivity contribution in [3.8, 4) is 11.5 Å². The third kappa shape index (κ3) is 2.11. The van der Waals surface area contributed by atoms with Crippen LogP contribution in [0.2, 0.25) is 0 Å². The third-order valence-corrected chi connectivity index (χ3v) is 2.39. The molecule has 1 heterocycles. The van der Waals surface area contributed by atoms with Gasteiger partial charge in [0.25, 0.3) is 0 Å². The van der Waals surface area contributed by atoms with Crippen LogP contribution in [-0.4, -0.2) is 21.0 Å². The lowest BCUT2D eigenvalue weighted by molar-refractivity contribution is 0.0858. The number of methoxy groups -OCH3 is 1. The normalized spacial score (nSPS) is 13.1. The predicted octanol–water partition coefficient (Wildman–Crippen LogP) is 1.21. The molecule has 0 saturated heterocycles. The fourth-order valence-electron chi connectivity index (χ4n) is 1.67. The van der Waals surface area contributed by atoms with E-state index in [4.69, 9.17) is 19.0 Å². The van der Waals surface area contributed by atoms with E-state index in [1.165, 1.54) is 0 Å². The van der Waals surface area contributed by atoms with Crippen molar-refractivity contribution in [2.45, 2.75) is 13.2 Å². The lowest BCUT2D eigenvalue weighted by Crippen LogP contribution is -2.11. The van der Waals surface area contributed by atoms with Crippen molar-refractivity contribution >= 4 is 0 Å². The molecule has 0 bridgehead atoms. The van der Waals surface area contributed by atoms with Crippen LogP contribution in [0.25, 0.3) is 0 Å². The SMILES string of the molecule is COCc1ccc(CNOC)c2c1OCO2. The zero-order chi connectivity index (χ0) is 11.4. The Kier molecular flexibility index (Phi) is 3.61. The summed E-state index contributed by atoms with van der Waals surface area (Å²) in [4.78, 5) is 4.81. The maximum absolute atomic E-state index is 5.44. The van der Waals surface area contributed by atoms with Crippen molar-refractivity contribution in [1.82, 2.24) is 5.48 Å². The summed E-state index contributed by atoms with van der Waals surface area (Å²) in [6.07, 6.45) is 0. The Morgan fingerprint density at radius 1 is 1.19 bits per heavy atom. The Hall–Kier alpha value is -1.30. The number of ether oxygens (including phenoxy) is 3. The Morgan fingerprint density at radius 3 is 2.56 bits per heavy atom. The molecule has 0 radical (unpaired) electrons. The van der Waals surface area contributed by atoms with Gasteiger partial charge in [-0.25, -0.2) is 0 Å². The summed E-state index contributed by atoms with van der Waals surface area (Å²) in [5.41, 5.74) is 4.78. The quantitative estimate of drug-likeness (QED) is 0.763. The van der Waals surface area contributed by atoms with E-state index < -0.39 is 0 Å². The summed E-state index contributed by atoms with van der Waals surface area (Å²) in [6, 6.07) is 3.96. The van der Waals surface area contributed by atoms with Gasteiger partial charge in [-0.05, 0) is 0 Å². The minimum Gasteiger partial charge on any atom is -0.453 e. The number of benzene rings is 1. The molecule has 1 N–H and O–H groups in total. The van der Waals surface area contributed by atoms with Crippen molar-refractivity contribution in [3.05, 3.63) is 23.3 Å². The van der Waals surface area contributed by atoms with E-state index in [9.17, 15) is 0 Å². The van der Waals surface area contributed by atoms with Gasteiger partial charge in [0.1, 0.15) is 0 Å². The second-order valence-electron chi connectivity index (χ2n) is 3.41. The monoisotopic (exact) mass is 225 g/mol. The van der Waals surface area contributed by atoms with Crippen LogP contribution in [0.3, 0.4) is 0 Å². The predicted molar refractivity (Wildman–Crippen MR) is 57.1 cm³/mol. The maximum atomic E-state index is 5.44. The first-order valence-electron chi connectivity index (χ1n) is 5.02. The fraction of sp³-hybridized carbons (Fsp3) is 0.455. The largest absolute Gasteiger partial charge is 0.453 e. The van der Waals surface area contributed by atoms with E-state index >= 15 is 0 Å². The van der Waals surface area contributed by atoms with Crippen molar-refractivity contribution in [2.75, 3.05) is 21.0 Å². The van der Waals surface area contributed by atoms with Crippen LogP contribution >= 0.6 is 0 Å². The van der Waals surface area contributed by atoms with E-state index in [-0.39, 0.29) is 6.79 Å². The lowest BCUT2D eigenvalue weighted by Gasteiger charge is -2.09. The molecule has 5 nitrogen and oxygen atoms in total. The zero-order valence-electron chi connectivity index (χ0n) is 9.41. The van der Waals surface area contributed by atoms with Crippen molar-refractivity contribution < 1.29 is 19.0 Å². The molecule has 2 rings (SSSR count). The molecule has 0 spiro atoms. The summed E-state index contributed by atoms with van der Waals surface area (Å²) in [6.45, 7) is 1.36. The Morgan fingerprint density at radius 2 is 1.88 bits per heavy atom. The second-order valence-corrected chi connectivity index (χ2v) is 3.41. The number of hydroxylamine groups is 1. The molecule has 1 aliphatic rings. The highest BCUT2D eigenvalue weighted by molar-refractivity contribution is 5.53. The van der Waals surface area contributed by atoms with Crippen molar-refractivity contribution in [2.24, 2.45) is 0 Å². The molecule has 0 atom stereocenters. The molecule has 0 amide bonds. The highest BCUT2D eigenvalue weighted by atomic mass is 16.7. The van der Waals surface area contributed by atoms with Gasteiger partial charge in [-0.15, -0.1) is 0 Å². The van der Waals surface area contributed by atoms with Gasteiger partial charge in [-0.3, -0.25) is 0 Å². The topological polar surface area (TPSA) is 49.0 Å². The maximum Gasteiger partial charge on any atom is 0.231 e. The third-order valence-electron chi connectivity index (χ3n) is 2.39. The van der Waals surface area contributed by atoms with Crippen LogP contribution < -0.4 is 15.0 Å². The molecule has 0 unspecified atom stereocenters. The standard InChI is InChI=1S/C11H15NO4/c1-13-6-9-4-3-8(5-12-14-2)10-11(9)16-7-15-10/h3-4,12H,5-7H2,1-2H3. The minimum absolute atomic E-state index is 0.260. The molecule has 5 heteroatoms. The summed E-state index contributed by atoms with van der Waals surface area (Å²) in [7, 11) is 3.24. The lowest BCUT2D eigenvalue weighted by atomic mass is 10.1. The second kappa shape index (κ2) is 5.16. The van der Waals surface area contributed by atoms with Crippen molar-refractivity contribution in [1.29, 1.82) is 0 Å². The van der Waals surface area contributed by atoms with Gasteiger partial charge in [0.15, 0.2) is 11.5 Å². The molecule has 16 heavy (non-hydrogen) atoms. The molecule has 0 aromatic heterocycles. The van der Waals surface area contributed by atoms with Crippen LogP contribution in [0.5, 0.6) is 11.5 Å². The van der Waals surface area contributed by atoms with Gasteiger partial charge < -0.3 is 19.0 Å². The molecular formula is C11H15NO4. The molecule has 88 valence electrons. The Labute approximate surface area is 94.2 Å². The van der Waals surface area contributed by atoms with Gasteiger partial charge in [-0.2, -0.15) is 5.48 Å². The Bertz CT molecular complexity index is 367. The first kappa shape index (κ1) is 11.2. The van der Waals surface area contributed by atoms with Gasteiger partial charge in [-0.1, -0.05) is 12.1 Å². The highest BCUT2D eigenvalue weighted by Gasteiger charge is 2.21. The first-order valence-corrected chi connectivity index (χ1v) is 5.02. The zero-order valence-corrected chi connectivity index (χ0v) is 9.41. The van der Waals surface area contributed by atoms with Crippen LogP contribution in [0.4, 0.5) is 0 Å². The smallest absolute Gasteiger partial charge is 0.231 e. The van der Waals surface area contributed by atoms with E-state index in [1.54, 1.807) is 14.2 Å². The average molecular weight is 225 g/mol.